The second-order valence-corrected chi connectivity index (χ2v) is 5.46. The van der Waals surface area contributed by atoms with E-state index in [-0.39, 0.29) is 5.69 Å². The smallest absolute Gasteiger partial charge is 0.291 e. The zero-order chi connectivity index (χ0) is 19.1. The summed E-state index contributed by atoms with van der Waals surface area (Å²) in [6.45, 7) is 0. The molecule has 2 amide bonds. The predicted molar refractivity (Wildman–Crippen MR) is 99.6 cm³/mol. The molecule has 7 heteroatoms. The van der Waals surface area contributed by atoms with Crippen molar-refractivity contribution in [2.24, 2.45) is 0 Å². The molecule has 27 heavy (non-hydrogen) atoms. The first-order chi connectivity index (χ1) is 13.2. The average Bonchev–Trinajstić information content (AvgIpc) is 3.21. The molecule has 0 spiro atoms. The Hall–Kier alpha value is -3.87. The standard InChI is InChI=1S/C20H17N3O4/c1-26-17-10-6-5-9-15(17)11-12-19(24)21-22-20(25)16-13-18(27-23-16)14-7-3-2-4-8-14/h2-13H,1H3,(H,21,24)(H,22,25)/b12-11+. The molecule has 1 aromatic heterocycles. The van der Waals surface area contributed by atoms with Crippen molar-refractivity contribution in [3.05, 3.63) is 78.0 Å². The Kier molecular flexibility index (Phi) is 5.64. The van der Waals surface area contributed by atoms with E-state index in [0.717, 1.165) is 11.1 Å². The highest BCUT2D eigenvalue weighted by molar-refractivity contribution is 5.97. The first kappa shape index (κ1) is 17.9. The van der Waals surface area contributed by atoms with E-state index < -0.39 is 11.8 Å². The van der Waals surface area contributed by atoms with Gasteiger partial charge in [0.15, 0.2) is 11.5 Å². The molecule has 3 rings (SSSR count). The number of ether oxygens (including phenoxy) is 1. The van der Waals surface area contributed by atoms with Gasteiger partial charge >= 0.3 is 0 Å². The maximum Gasteiger partial charge on any atom is 0.291 e. The van der Waals surface area contributed by atoms with Crippen LogP contribution < -0.4 is 15.6 Å². The summed E-state index contributed by atoms with van der Waals surface area (Å²) in [5.74, 6) is 0.0192. The second-order valence-electron chi connectivity index (χ2n) is 5.46. The molecule has 0 saturated carbocycles. The summed E-state index contributed by atoms with van der Waals surface area (Å²) in [7, 11) is 1.55. The number of carbonyl (C=O) groups is 2. The van der Waals surface area contributed by atoms with Crippen molar-refractivity contribution < 1.29 is 18.8 Å². The lowest BCUT2D eigenvalue weighted by Crippen LogP contribution is -2.40. The van der Waals surface area contributed by atoms with Gasteiger partial charge in [-0.3, -0.25) is 20.4 Å². The molecule has 2 N–H and O–H groups in total. The average molecular weight is 363 g/mol. The number of methoxy groups -OCH3 is 1. The summed E-state index contributed by atoms with van der Waals surface area (Å²) < 4.78 is 10.4. The number of nitrogens with one attached hydrogen (secondary N) is 2. The van der Waals surface area contributed by atoms with Crippen LogP contribution in [0.5, 0.6) is 5.75 Å². The molecule has 0 aliphatic carbocycles. The minimum Gasteiger partial charge on any atom is -0.496 e. The van der Waals surface area contributed by atoms with Crippen molar-refractivity contribution in [2.75, 3.05) is 7.11 Å². The molecule has 0 unspecified atom stereocenters. The number of rotatable bonds is 5. The van der Waals surface area contributed by atoms with Crippen LogP contribution in [-0.4, -0.2) is 24.1 Å². The Morgan fingerprint density at radius 2 is 1.78 bits per heavy atom. The predicted octanol–water partition coefficient (Wildman–Crippen LogP) is 2.82. The number of benzene rings is 2. The summed E-state index contributed by atoms with van der Waals surface area (Å²) in [5, 5.41) is 3.71. The van der Waals surface area contributed by atoms with E-state index in [1.807, 2.05) is 48.5 Å². The summed E-state index contributed by atoms with van der Waals surface area (Å²) in [5.41, 5.74) is 6.17. The van der Waals surface area contributed by atoms with Gasteiger partial charge in [-0.15, -0.1) is 0 Å². The summed E-state index contributed by atoms with van der Waals surface area (Å²) in [6.07, 6.45) is 2.88. The number of para-hydroxylation sites is 1. The van der Waals surface area contributed by atoms with Gasteiger partial charge in [0.2, 0.25) is 0 Å². The van der Waals surface area contributed by atoms with E-state index in [1.54, 1.807) is 19.3 Å². The fourth-order valence-electron chi connectivity index (χ4n) is 2.31. The molecule has 0 saturated heterocycles. The first-order valence-electron chi connectivity index (χ1n) is 8.11. The quantitative estimate of drug-likeness (QED) is 0.537. The fraction of sp³-hybridized carbons (Fsp3) is 0.0500. The van der Waals surface area contributed by atoms with Crippen LogP contribution in [0.25, 0.3) is 17.4 Å². The summed E-state index contributed by atoms with van der Waals surface area (Å²) in [4.78, 5) is 24.0. The maximum atomic E-state index is 12.1. The number of aromatic nitrogens is 1. The number of hydrogen-bond acceptors (Lipinski definition) is 5. The maximum absolute atomic E-state index is 12.1. The molecule has 2 aromatic carbocycles. The van der Waals surface area contributed by atoms with Gasteiger partial charge < -0.3 is 9.26 Å². The molecule has 1 heterocycles. The third-order valence-electron chi connectivity index (χ3n) is 3.65. The van der Waals surface area contributed by atoms with Crippen molar-refractivity contribution in [1.29, 1.82) is 0 Å². The largest absolute Gasteiger partial charge is 0.496 e. The van der Waals surface area contributed by atoms with Crippen LogP contribution in [0, 0.1) is 0 Å². The second kappa shape index (κ2) is 8.48. The number of amides is 2. The van der Waals surface area contributed by atoms with Crippen LogP contribution in [0.3, 0.4) is 0 Å². The molecule has 0 aliphatic rings. The van der Waals surface area contributed by atoms with Gasteiger partial charge in [-0.05, 0) is 12.1 Å². The van der Waals surface area contributed by atoms with Crippen LogP contribution in [0.1, 0.15) is 16.1 Å². The van der Waals surface area contributed by atoms with Gasteiger partial charge in [-0.1, -0.05) is 53.7 Å². The Bertz CT molecular complexity index is 964. The highest BCUT2D eigenvalue weighted by atomic mass is 16.5. The molecule has 3 aromatic rings. The normalized spacial score (nSPS) is 10.6. The summed E-state index contributed by atoms with van der Waals surface area (Å²) >= 11 is 0. The van der Waals surface area contributed by atoms with Crippen LogP contribution in [0.4, 0.5) is 0 Å². The molecular formula is C20H17N3O4. The van der Waals surface area contributed by atoms with Gasteiger partial charge in [-0.2, -0.15) is 0 Å². The summed E-state index contributed by atoms with van der Waals surface area (Å²) in [6, 6.07) is 18.0. The molecule has 0 aliphatic heterocycles. The van der Waals surface area contributed by atoms with Crippen molar-refractivity contribution >= 4 is 17.9 Å². The fourth-order valence-corrected chi connectivity index (χ4v) is 2.31. The van der Waals surface area contributed by atoms with Crippen molar-refractivity contribution in [2.45, 2.75) is 0 Å². The minimum atomic E-state index is -0.583. The third-order valence-corrected chi connectivity index (χ3v) is 3.65. The molecule has 0 bridgehead atoms. The minimum absolute atomic E-state index is 0.0582. The van der Waals surface area contributed by atoms with Crippen LogP contribution in [-0.2, 0) is 4.79 Å². The lowest BCUT2D eigenvalue weighted by atomic mass is 10.1. The zero-order valence-electron chi connectivity index (χ0n) is 14.5. The molecule has 7 nitrogen and oxygen atoms in total. The number of nitrogens with zero attached hydrogens (tertiary/aromatic N) is 1. The first-order valence-corrected chi connectivity index (χ1v) is 8.11. The third kappa shape index (κ3) is 4.60. The highest BCUT2D eigenvalue weighted by Gasteiger charge is 2.13. The van der Waals surface area contributed by atoms with E-state index >= 15 is 0 Å². The van der Waals surface area contributed by atoms with Crippen molar-refractivity contribution in [3.63, 3.8) is 0 Å². The number of hydrazine groups is 1. The van der Waals surface area contributed by atoms with Gasteiger partial charge in [0.05, 0.1) is 7.11 Å². The van der Waals surface area contributed by atoms with E-state index in [2.05, 4.69) is 16.0 Å². The van der Waals surface area contributed by atoms with Crippen molar-refractivity contribution in [1.82, 2.24) is 16.0 Å². The molecule has 136 valence electrons. The van der Waals surface area contributed by atoms with E-state index in [0.29, 0.717) is 11.5 Å². The molecule has 0 atom stereocenters. The number of hydrogen-bond donors (Lipinski definition) is 2. The lowest BCUT2D eigenvalue weighted by Gasteiger charge is -2.04. The van der Waals surface area contributed by atoms with E-state index in [9.17, 15) is 9.59 Å². The van der Waals surface area contributed by atoms with Crippen molar-refractivity contribution in [3.8, 4) is 17.1 Å². The monoisotopic (exact) mass is 363 g/mol. The van der Waals surface area contributed by atoms with Crippen LogP contribution >= 0.6 is 0 Å². The van der Waals surface area contributed by atoms with Crippen LogP contribution in [0.2, 0.25) is 0 Å². The van der Waals surface area contributed by atoms with Gasteiger partial charge in [0.1, 0.15) is 5.75 Å². The Balaban J connectivity index is 1.57. The molecular weight excluding hydrogens is 346 g/mol. The van der Waals surface area contributed by atoms with E-state index in [1.165, 1.54) is 12.1 Å². The molecule has 0 radical (unpaired) electrons. The highest BCUT2D eigenvalue weighted by Crippen LogP contribution is 2.20. The van der Waals surface area contributed by atoms with Gasteiger partial charge in [0.25, 0.3) is 11.8 Å². The van der Waals surface area contributed by atoms with Crippen LogP contribution in [0.15, 0.2) is 71.3 Å². The van der Waals surface area contributed by atoms with E-state index in [4.69, 9.17) is 9.26 Å². The van der Waals surface area contributed by atoms with Gasteiger partial charge in [0, 0.05) is 23.3 Å². The SMILES string of the molecule is COc1ccccc1/C=C/C(=O)NNC(=O)c1cc(-c2ccccc2)on1. The van der Waals surface area contributed by atoms with Gasteiger partial charge in [-0.25, -0.2) is 0 Å². The Morgan fingerprint density at radius 3 is 2.56 bits per heavy atom. The number of carbonyl (C=O) groups excluding carboxylic acids is 2. The Morgan fingerprint density at radius 1 is 1.04 bits per heavy atom. The Labute approximate surface area is 155 Å². The zero-order valence-corrected chi connectivity index (χ0v) is 14.5. The topological polar surface area (TPSA) is 93.5 Å². The molecule has 0 fully saturated rings. The lowest BCUT2D eigenvalue weighted by molar-refractivity contribution is -0.117.